The second kappa shape index (κ2) is 6.23. The molecular weight excluding hydrogens is 228 g/mol. The highest BCUT2D eigenvalue weighted by Gasteiger charge is 2.23. The van der Waals surface area contributed by atoms with Crippen molar-refractivity contribution in [3.05, 3.63) is 18.3 Å². The van der Waals surface area contributed by atoms with Gasteiger partial charge in [-0.05, 0) is 31.4 Å². The molecule has 1 fully saturated rings. The molecule has 1 heterocycles. The Morgan fingerprint density at radius 1 is 1.44 bits per heavy atom. The van der Waals surface area contributed by atoms with Gasteiger partial charge in [0.2, 0.25) is 0 Å². The minimum absolute atomic E-state index is 0.147. The molecule has 1 aliphatic rings. The molecule has 1 aromatic heterocycles. The van der Waals surface area contributed by atoms with Crippen LogP contribution in [0.4, 0.5) is 16.3 Å². The number of nitrogens with one attached hydrogen (secondary N) is 3. The van der Waals surface area contributed by atoms with E-state index in [1.807, 2.05) is 12.1 Å². The van der Waals surface area contributed by atoms with E-state index in [-0.39, 0.29) is 6.03 Å². The standard InChI is InChI=1S/C13H20N4O/c1-2-3-8-14-12-7-6-11(9-15-12)17-13(18)16-10-4-5-10/h6-7,9-10H,2-5,8H2,1H3,(H,14,15)(H2,16,17,18). The minimum Gasteiger partial charge on any atom is -0.370 e. The molecule has 0 aromatic carbocycles. The average molecular weight is 248 g/mol. The summed E-state index contributed by atoms with van der Waals surface area (Å²) in [5.74, 6) is 0.844. The number of aromatic nitrogens is 1. The molecule has 0 radical (unpaired) electrons. The van der Waals surface area contributed by atoms with Gasteiger partial charge in [-0.25, -0.2) is 9.78 Å². The fourth-order valence-corrected chi connectivity index (χ4v) is 1.55. The van der Waals surface area contributed by atoms with Crippen molar-refractivity contribution in [3.63, 3.8) is 0 Å². The predicted molar refractivity (Wildman–Crippen MR) is 72.8 cm³/mol. The number of hydrogen-bond acceptors (Lipinski definition) is 3. The molecule has 18 heavy (non-hydrogen) atoms. The van der Waals surface area contributed by atoms with Crippen LogP contribution in [0.1, 0.15) is 32.6 Å². The Bertz CT molecular complexity index is 386. The first-order chi connectivity index (χ1) is 8.78. The van der Waals surface area contributed by atoms with Crippen molar-refractivity contribution in [3.8, 4) is 0 Å². The molecule has 0 bridgehead atoms. The van der Waals surface area contributed by atoms with Crippen LogP contribution in [0.25, 0.3) is 0 Å². The van der Waals surface area contributed by atoms with Crippen LogP contribution in [0.15, 0.2) is 18.3 Å². The first kappa shape index (κ1) is 12.7. The highest BCUT2D eigenvalue weighted by atomic mass is 16.2. The van der Waals surface area contributed by atoms with E-state index in [9.17, 15) is 4.79 Å². The number of carbonyl (C=O) groups excluding carboxylic acids is 1. The molecule has 3 N–H and O–H groups in total. The molecule has 0 saturated heterocycles. The molecule has 0 atom stereocenters. The summed E-state index contributed by atoms with van der Waals surface area (Å²) >= 11 is 0. The van der Waals surface area contributed by atoms with E-state index in [0.717, 1.165) is 38.0 Å². The van der Waals surface area contributed by atoms with Gasteiger partial charge in [-0.1, -0.05) is 13.3 Å². The van der Waals surface area contributed by atoms with Crippen LogP contribution >= 0.6 is 0 Å². The number of carbonyl (C=O) groups is 1. The van der Waals surface area contributed by atoms with Gasteiger partial charge in [0, 0.05) is 12.6 Å². The fraction of sp³-hybridized carbons (Fsp3) is 0.538. The number of anilines is 2. The van der Waals surface area contributed by atoms with Crippen LogP contribution in [0.5, 0.6) is 0 Å². The number of urea groups is 1. The highest BCUT2D eigenvalue weighted by Crippen LogP contribution is 2.18. The van der Waals surface area contributed by atoms with Crippen LogP contribution in [-0.4, -0.2) is 23.6 Å². The molecule has 0 unspecified atom stereocenters. The summed E-state index contributed by atoms with van der Waals surface area (Å²) in [6.07, 6.45) is 6.14. The van der Waals surface area contributed by atoms with Crippen molar-refractivity contribution in [2.24, 2.45) is 0 Å². The maximum absolute atomic E-state index is 11.5. The van der Waals surface area contributed by atoms with Gasteiger partial charge in [-0.2, -0.15) is 0 Å². The Labute approximate surface area is 107 Å². The van der Waals surface area contributed by atoms with Gasteiger partial charge in [0.25, 0.3) is 0 Å². The third-order valence-electron chi connectivity index (χ3n) is 2.77. The quantitative estimate of drug-likeness (QED) is 0.678. The van der Waals surface area contributed by atoms with Gasteiger partial charge < -0.3 is 16.0 Å². The van der Waals surface area contributed by atoms with Crippen LogP contribution in [0.3, 0.4) is 0 Å². The topological polar surface area (TPSA) is 66.0 Å². The number of rotatable bonds is 6. The maximum Gasteiger partial charge on any atom is 0.319 e. The summed E-state index contributed by atoms with van der Waals surface area (Å²) in [7, 11) is 0. The average Bonchev–Trinajstić information content (AvgIpc) is 3.15. The van der Waals surface area contributed by atoms with Crippen LogP contribution in [-0.2, 0) is 0 Å². The SMILES string of the molecule is CCCCNc1ccc(NC(=O)NC2CC2)cn1. The predicted octanol–water partition coefficient (Wildman–Crippen LogP) is 2.58. The van der Waals surface area contributed by atoms with Gasteiger partial charge in [0.15, 0.2) is 0 Å². The lowest BCUT2D eigenvalue weighted by molar-refractivity contribution is 0.251. The second-order valence-corrected chi connectivity index (χ2v) is 4.59. The lowest BCUT2D eigenvalue weighted by Crippen LogP contribution is -2.30. The first-order valence-electron chi connectivity index (χ1n) is 6.55. The lowest BCUT2D eigenvalue weighted by Gasteiger charge is -2.08. The van der Waals surface area contributed by atoms with Crippen molar-refractivity contribution in [1.82, 2.24) is 10.3 Å². The summed E-state index contributed by atoms with van der Waals surface area (Å²) in [5, 5.41) is 8.86. The van der Waals surface area contributed by atoms with Crippen LogP contribution in [0.2, 0.25) is 0 Å². The zero-order valence-corrected chi connectivity index (χ0v) is 10.7. The maximum atomic E-state index is 11.5. The van der Waals surface area contributed by atoms with Gasteiger partial charge >= 0.3 is 6.03 Å². The Morgan fingerprint density at radius 2 is 2.28 bits per heavy atom. The van der Waals surface area contributed by atoms with E-state index in [0.29, 0.717) is 11.7 Å². The summed E-state index contributed by atoms with van der Waals surface area (Å²) in [6.45, 7) is 3.08. The third kappa shape index (κ3) is 4.24. The van der Waals surface area contributed by atoms with Gasteiger partial charge in [-0.15, -0.1) is 0 Å². The molecule has 2 rings (SSSR count). The van der Waals surface area contributed by atoms with E-state index >= 15 is 0 Å². The summed E-state index contributed by atoms with van der Waals surface area (Å²) in [4.78, 5) is 15.7. The molecule has 98 valence electrons. The second-order valence-electron chi connectivity index (χ2n) is 4.59. The van der Waals surface area contributed by atoms with Crippen molar-refractivity contribution >= 4 is 17.5 Å². The molecule has 0 spiro atoms. The summed E-state index contributed by atoms with van der Waals surface area (Å²) < 4.78 is 0. The van der Waals surface area contributed by atoms with Crippen LogP contribution < -0.4 is 16.0 Å². The minimum atomic E-state index is -0.147. The van der Waals surface area contributed by atoms with E-state index in [2.05, 4.69) is 27.9 Å². The molecular formula is C13H20N4O. The van der Waals surface area contributed by atoms with E-state index < -0.39 is 0 Å². The molecule has 5 heteroatoms. The molecule has 2 amide bonds. The number of nitrogens with zero attached hydrogens (tertiary/aromatic N) is 1. The summed E-state index contributed by atoms with van der Waals surface area (Å²) in [6, 6.07) is 3.95. The van der Waals surface area contributed by atoms with Gasteiger partial charge in [0.05, 0.1) is 11.9 Å². The zero-order valence-electron chi connectivity index (χ0n) is 10.7. The normalized spacial score (nSPS) is 14.1. The van der Waals surface area contributed by atoms with E-state index in [1.165, 1.54) is 0 Å². The molecule has 1 aromatic rings. The Balaban J connectivity index is 1.77. The zero-order chi connectivity index (χ0) is 12.8. The number of hydrogen-bond donors (Lipinski definition) is 3. The van der Waals surface area contributed by atoms with Crippen molar-refractivity contribution in [2.75, 3.05) is 17.2 Å². The Kier molecular flexibility index (Phi) is 4.39. The van der Waals surface area contributed by atoms with E-state index in [4.69, 9.17) is 0 Å². The molecule has 5 nitrogen and oxygen atoms in total. The molecule has 1 saturated carbocycles. The fourth-order valence-electron chi connectivity index (χ4n) is 1.55. The largest absolute Gasteiger partial charge is 0.370 e. The Hall–Kier alpha value is -1.78. The van der Waals surface area contributed by atoms with E-state index in [1.54, 1.807) is 6.20 Å². The smallest absolute Gasteiger partial charge is 0.319 e. The molecule has 0 aliphatic heterocycles. The number of unbranched alkanes of at least 4 members (excludes halogenated alkanes) is 1. The van der Waals surface area contributed by atoms with Gasteiger partial charge in [-0.3, -0.25) is 0 Å². The first-order valence-corrected chi connectivity index (χ1v) is 6.55. The van der Waals surface area contributed by atoms with Crippen molar-refractivity contribution in [1.29, 1.82) is 0 Å². The number of pyridine rings is 1. The third-order valence-corrected chi connectivity index (χ3v) is 2.77. The summed E-state index contributed by atoms with van der Waals surface area (Å²) in [5.41, 5.74) is 0.717. The number of amides is 2. The van der Waals surface area contributed by atoms with Crippen molar-refractivity contribution in [2.45, 2.75) is 38.6 Å². The highest BCUT2D eigenvalue weighted by molar-refractivity contribution is 5.89. The van der Waals surface area contributed by atoms with Crippen molar-refractivity contribution < 1.29 is 4.79 Å². The van der Waals surface area contributed by atoms with Crippen LogP contribution in [0, 0.1) is 0 Å². The Morgan fingerprint density at radius 3 is 2.89 bits per heavy atom. The monoisotopic (exact) mass is 248 g/mol. The lowest BCUT2D eigenvalue weighted by atomic mass is 10.3. The van der Waals surface area contributed by atoms with Gasteiger partial charge in [0.1, 0.15) is 5.82 Å². The molecule has 1 aliphatic carbocycles.